The zero-order valence-corrected chi connectivity index (χ0v) is 20.3. The number of likely N-dealkylation sites (tertiary alicyclic amines) is 1. The predicted molar refractivity (Wildman–Crippen MR) is 142 cm³/mol. The molecule has 0 atom stereocenters. The number of aromatic carboxylic acids is 1. The molecule has 0 bridgehead atoms. The van der Waals surface area contributed by atoms with Crippen LogP contribution in [0.3, 0.4) is 0 Å². The largest absolute Gasteiger partial charge is 0.478 e. The third kappa shape index (κ3) is 5.04. The molecule has 1 fully saturated rings. The molecule has 1 amide bonds. The highest BCUT2D eigenvalue weighted by atomic mass is 16.4. The number of rotatable bonds is 4. The molecule has 5 rings (SSSR count). The van der Waals surface area contributed by atoms with Crippen molar-refractivity contribution >= 4 is 22.8 Å². The molecular formula is C31H28N2O3. The summed E-state index contributed by atoms with van der Waals surface area (Å²) in [5.74, 6) is 6.23. The van der Waals surface area contributed by atoms with Crippen molar-refractivity contribution in [1.82, 2.24) is 9.88 Å². The highest BCUT2D eigenvalue weighted by Crippen LogP contribution is 2.30. The van der Waals surface area contributed by atoms with Crippen molar-refractivity contribution in [3.05, 3.63) is 95.2 Å². The summed E-state index contributed by atoms with van der Waals surface area (Å²) in [5.41, 5.74) is 5.47. The summed E-state index contributed by atoms with van der Waals surface area (Å²) in [6, 6.07) is 21.4. The van der Waals surface area contributed by atoms with Crippen LogP contribution in [0.25, 0.3) is 22.0 Å². The molecule has 3 aromatic carbocycles. The number of aromatic amines is 1. The van der Waals surface area contributed by atoms with E-state index in [1.165, 1.54) is 5.56 Å². The topological polar surface area (TPSA) is 73.4 Å². The molecule has 36 heavy (non-hydrogen) atoms. The number of aromatic nitrogens is 1. The number of carboxylic acid groups (broad SMARTS) is 1. The minimum atomic E-state index is -0.973. The van der Waals surface area contributed by atoms with Gasteiger partial charge in [-0.1, -0.05) is 42.2 Å². The number of fused-ring (bicyclic) bond motifs is 1. The van der Waals surface area contributed by atoms with E-state index < -0.39 is 5.97 Å². The lowest BCUT2D eigenvalue weighted by Gasteiger charge is -2.31. The molecule has 5 nitrogen and oxygen atoms in total. The Balaban J connectivity index is 1.37. The normalized spacial score (nSPS) is 13.9. The Morgan fingerprint density at radius 1 is 1.00 bits per heavy atom. The van der Waals surface area contributed by atoms with Crippen LogP contribution in [-0.2, 0) is 11.2 Å². The lowest BCUT2D eigenvalue weighted by Crippen LogP contribution is -2.37. The van der Waals surface area contributed by atoms with E-state index in [2.05, 4.69) is 29.0 Å². The molecule has 2 N–H and O–H groups in total. The molecule has 4 aromatic rings. The number of carbonyl (C=O) groups is 2. The van der Waals surface area contributed by atoms with Gasteiger partial charge in [-0.15, -0.1) is 0 Å². The molecule has 5 heteroatoms. The van der Waals surface area contributed by atoms with Gasteiger partial charge in [-0.3, -0.25) is 4.79 Å². The first kappa shape index (κ1) is 23.4. The van der Waals surface area contributed by atoms with E-state index in [1.54, 1.807) is 19.1 Å². The van der Waals surface area contributed by atoms with Gasteiger partial charge in [0, 0.05) is 48.4 Å². The molecule has 2 heterocycles. The second-order valence-corrected chi connectivity index (χ2v) is 9.41. The van der Waals surface area contributed by atoms with Crippen LogP contribution < -0.4 is 0 Å². The Morgan fingerprint density at radius 2 is 1.78 bits per heavy atom. The summed E-state index contributed by atoms with van der Waals surface area (Å²) in [7, 11) is 0. The van der Waals surface area contributed by atoms with Crippen molar-refractivity contribution in [2.45, 2.75) is 26.2 Å². The molecule has 1 aliphatic rings. The standard InChI is InChI=1S/C31H28N2O3/c1-21(34)33-17-14-24(15-18-33)19-23-7-5-22(6-8-23)9-10-26-3-2-4-28(31(35)36)30(26)27-12-11-25-13-16-32-29(25)20-27/h2-8,11-13,16,20,24,32H,14-15,17-19H2,1H3,(H,35,36). The zero-order valence-electron chi connectivity index (χ0n) is 20.3. The van der Waals surface area contributed by atoms with Gasteiger partial charge in [-0.25, -0.2) is 4.79 Å². The maximum atomic E-state index is 12.0. The van der Waals surface area contributed by atoms with Gasteiger partial charge >= 0.3 is 5.97 Å². The summed E-state index contributed by atoms with van der Waals surface area (Å²) in [6.07, 6.45) is 4.96. The Bertz CT molecular complexity index is 1480. The number of nitrogens with one attached hydrogen (secondary N) is 1. The Morgan fingerprint density at radius 3 is 2.50 bits per heavy atom. The molecule has 1 saturated heterocycles. The summed E-state index contributed by atoms with van der Waals surface area (Å²) in [6.45, 7) is 3.33. The summed E-state index contributed by atoms with van der Waals surface area (Å²) >= 11 is 0. The summed E-state index contributed by atoms with van der Waals surface area (Å²) < 4.78 is 0. The number of benzene rings is 3. The third-order valence-electron chi connectivity index (χ3n) is 7.02. The number of amides is 1. The molecule has 0 spiro atoms. The molecule has 0 aliphatic carbocycles. The van der Waals surface area contributed by atoms with Gasteiger partial charge in [0.2, 0.25) is 5.91 Å². The second-order valence-electron chi connectivity index (χ2n) is 9.41. The van der Waals surface area contributed by atoms with Crippen LogP contribution in [0, 0.1) is 17.8 Å². The fourth-order valence-corrected chi connectivity index (χ4v) is 5.00. The van der Waals surface area contributed by atoms with Gasteiger partial charge in [0.15, 0.2) is 0 Å². The van der Waals surface area contributed by atoms with Gasteiger partial charge in [0.1, 0.15) is 0 Å². The van der Waals surface area contributed by atoms with Crippen molar-refractivity contribution in [1.29, 1.82) is 0 Å². The SMILES string of the molecule is CC(=O)N1CCC(Cc2ccc(C#Cc3cccc(C(=O)O)c3-c3ccc4cc[nH]c4c3)cc2)CC1. The molecular weight excluding hydrogens is 448 g/mol. The average Bonchev–Trinajstić information content (AvgIpc) is 3.36. The van der Waals surface area contributed by atoms with Crippen LogP contribution in [0.15, 0.2) is 72.9 Å². The first-order chi connectivity index (χ1) is 17.5. The van der Waals surface area contributed by atoms with Crippen molar-refractivity contribution in [2.24, 2.45) is 5.92 Å². The van der Waals surface area contributed by atoms with Crippen molar-refractivity contribution in [3.63, 3.8) is 0 Å². The lowest BCUT2D eigenvalue weighted by atomic mass is 9.90. The van der Waals surface area contributed by atoms with Crippen LogP contribution in [-0.4, -0.2) is 40.0 Å². The number of hydrogen-bond acceptors (Lipinski definition) is 2. The van der Waals surface area contributed by atoms with Gasteiger partial charge in [-0.2, -0.15) is 0 Å². The Labute approximate surface area is 210 Å². The van der Waals surface area contributed by atoms with Crippen LogP contribution in [0.5, 0.6) is 0 Å². The number of carboxylic acids is 1. The van der Waals surface area contributed by atoms with Crippen molar-refractivity contribution in [3.8, 4) is 23.0 Å². The van der Waals surface area contributed by atoms with E-state index in [-0.39, 0.29) is 11.5 Å². The minimum absolute atomic E-state index is 0.165. The van der Waals surface area contributed by atoms with Crippen LogP contribution >= 0.6 is 0 Å². The molecule has 1 aliphatic heterocycles. The van der Waals surface area contributed by atoms with Gasteiger partial charge < -0.3 is 15.0 Å². The van der Waals surface area contributed by atoms with E-state index in [4.69, 9.17) is 0 Å². The van der Waals surface area contributed by atoms with Gasteiger partial charge in [0.05, 0.1) is 5.56 Å². The van der Waals surface area contributed by atoms with E-state index in [0.717, 1.165) is 54.4 Å². The highest BCUT2D eigenvalue weighted by Gasteiger charge is 2.21. The second kappa shape index (κ2) is 10.1. The van der Waals surface area contributed by atoms with E-state index >= 15 is 0 Å². The third-order valence-corrected chi connectivity index (χ3v) is 7.02. The summed E-state index contributed by atoms with van der Waals surface area (Å²) in [5, 5.41) is 10.9. The predicted octanol–water partition coefficient (Wildman–Crippen LogP) is 5.73. The summed E-state index contributed by atoms with van der Waals surface area (Å²) in [4.78, 5) is 28.7. The molecule has 180 valence electrons. The number of nitrogens with zero attached hydrogens (tertiary/aromatic N) is 1. The Kier molecular flexibility index (Phi) is 6.60. The average molecular weight is 477 g/mol. The van der Waals surface area contributed by atoms with Gasteiger partial charge in [-0.05, 0) is 78.1 Å². The monoisotopic (exact) mass is 476 g/mol. The molecule has 1 aromatic heterocycles. The minimum Gasteiger partial charge on any atom is -0.478 e. The quantitative estimate of drug-likeness (QED) is 0.369. The van der Waals surface area contributed by atoms with Crippen LogP contribution in [0.1, 0.15) is 46.8 Å². The highest BCUT2D eigenvalue weighted by molar-refractivity contribution is 5.99. The Hall–Kier alpha value is -4.30. The molecule has 0 radical (unpaired) electrons. The lowest BCUT2D eigenvalue weighted by molar-refractivity contribution is -0.130. The van der Waals surface area contributed by atoms with Crippen LogP contribution in [0.4, 0.5) is 0 Å². The van der Waals surface area contributed by atoms with Crippen molar-refractivity contribution in [2.75, 3.05) is 13.1 Å². The molecule has 0 unspecified atom stereocenters. The smallest absolute Gasteiger partial charge is 0.336 e. The maximum Gasteiger partial charge on any atom is 0.336 e. The van der Waals surface area contributed by atoms with Crippen molar-refractivity contribution < 1.29 is 14.7 Å². The number of piperidine rings is 1. The van der Waals surface area contributed by atoms with Gasteiger partial charge in [0.25, 0.3) is 0 Å². The van der Waals surface area contributed by atoms with Crippen LogP contribution in [0.2, 0.25) is 0 Å². The van der Waals surface area contributed by atoms with E-state index in [1.807, 2.05) is 53.6 Å². The number of hydrogen-bond donors (Lipinski definition) is 2. The fraction of sp³-hybridized carbons (Fsp3) is 0.226. The zero-order chi connectivity index (χ0) is 25.1. The fourth-order valence-electron chi connectivity index (χ4n) is 5.00. The first-order valence-electron chi connectivity index (χ1n) is 12.3. The number of carbonyl (C=O) groups excluding carboxylic acids is 1. The number of H-pyrrole nitrogens is 1. The van der Waals surface area contributed by atoms with E-state index in [9.17, 15) is 14.7 Å². The van der Waals surface area contributed by atoms with E-state index in [0.29, 0.717) is 17.0 Å². The molecule has 0 saturated carbocycles. The maximum absolute atomic E-state index is 12.0. The first-order valence-corrected chi connectivity index (χ1v) is 12.3.